The summed E-state index contributed by atoms with van der Waals surface area (Å²) in [6, 6.07) is 6.78. The predicted molar refractivity (Wildman–Crippen MR) is 57.6 cm³/mol. The molecule has 0 bridgehead atoms. The van der Waals surface area contributed by atoms with Crippen molar-refractivity contribution in [2.75, 3.05) is 10.6 Å². The molecule has 0 unspecified atom stereocenters. The Morgan fingerprint density at radius 2 is 2.19 bits per heavy atom. The molecule has 2 aromatic rings. The topological polar surface area (TPSA) is 69.8 Å². The number of nitrogens with one attached hydrogen (secondary N) is 3. The molecule has 2 rings (SSSR count). The summed E-state index contributed by atoms with van der Waals surface area (Å²) in [6.07, 6.45) is 1.51. The van der Waals surface area contributed by atoms with E-state index in [0.29, 0.717) is 11.5 Å². The average molecular weight is 220 g/mol. The second-order valence-electron chi connectivity index (χ2n) is 3.06. The third kappa shape index (κ3) is 2.57. The molecule has 16 heavy (non-hydrogen) atoms. The van der Waals surface area contributed by atoms with Gasteiger partial charge in [0.2, 0.25) is 0 Å². The van der Waals surface area contributed by atoms with E-state index in [1.54, 1.807) is 12.1 Å². The minimum atomic E-state index is -0.463. The van der Waals surface area contributed by atoms with Crippen molar-refractivity contribution in [3.8, 4) is 0 Å². The van der Waals surface area contributed by atoms with Crippen LogP contribution in [-0.4, -0.2) is 16.2 Å². The highest BCUT2D eigenvalue weighted by atomic mass is 19.1. The van der Waals surface area contributed by atoms with E-state index in [0.717, 1.165) is 0 Å². The van der Waals surface area contributed by atoms with E-state index < -0.39 is 11.8 Å². The molecule has 0 radical (unpaired) electrons. The molecule has 6 heteroatoms. The van der Waals surface area contributed by atoms with Gasteiger partial charge in [-0.15, -0.1) is 0 Å². The Kier molecular flexibility index (Phi) is 2.81. The van der Waals surface area contributed by atoms with Crippen LogP contribution in [0.4, 0.5) is 20.7 Å². The number of hydrogen-bond acceptors (Lipinski definition) is 2. The lowest BCUT2D eigenvalue weighted by Crippen LogP contribution is -2.19. The molecule has 5 nitrogen and oxygen atoms in total. The van der Waals surface area contributed by atoms with Crippen LogP contribution in [0, 0.1) is 5.82 Å². The van der Waals surface area contributed by atoms with E-state index >= 15 is 0 Å². The van der Waals surface area contributed by atoms with Crippen molar-refractivity contribution < 1.29 is 9.18 Å². The van der Waals surface area contributed by atoms with Gasteiger partial charge in [-0.1, -0.05) is 6.07 Å². The van der Waals surface area contributed by atoms with Crippen molar-refractivity contribution in [2.45, 2.75) is 0 Å². The Morgan fingerprint density at radius 3 is 2.88 bits per heavy atom. The van der Waals surface area contributed by atoms with Crippen molar-refractivity contribution in [3.63, 3.8) is 0 Å². The number of halogens is 1. The first-order valence-electron chi connectivity index (χ1n) is 4.57. The molecular formula is C10H9FN4O. The quantitative estimate of drug-likeness (QED) is 0.726. The van der Waals surface area contributed by atoms with Crippen LogP contribution in [0.25, 0.3) is 0 Å². The van der Waals surface area contributed by atoms with Gasteiger partial charge in [-0.05, 0) is 18.2 Å². The maximum atomic E-state index is 12.8. The fourth-order valence-corrected chi connectivity index (χ4v) is 1.18. The molecular weight excluding hydrogens is 211 g/mol. The summed E-state index contributed by atoms with van der Waals surface area (Å²) in [5.74, 6) is 0.0632. The van der Waals surface area contributed by atoms with E-state index in [1.807, 2.05) is 0 Å². The Balaban J connectivity index is 1.97. The van der Waals surface area contributed by atoms with Gasteiger partial charge in [0, 0.05) is 11.8 Å². The highest BCUT2D eigenvalue weighted by molar-refractivity contribution is 5.99. The highest BCUT2D eigenvalue weighted by Crippen LogP contribution is 2.09. The minimum Gasteiger partial charge on any atom is -0.308 e. The van der Waals surface area contributed by atoms with E-state index in [4.69, 9.17) is 0 Å². The fourth-order valence-electron chi connectivity index (χ4n) is 1.18. The molecule has 1 aromatic carbocycles. The maximum absolute atomic E-state index is 12.8. The number of aromatic nitrogens is 2. The molecule has 0 saturated carbocycles. The van der Waals surface area contributed by atoms with Gasteiger partial charge in [-0.3, -0.25) is 10.4 Å². The number of amides is 2. The molecule has 3 N–H and O–H groups in total. The zero-order chi connectivity index (χ0) is 11.4. The summed E-state index contributed by atoms with van der Waals surface area (Å²) in [5.41, 5.74) is 0.386. The normalized spacial score (nSPS) is 9.81. The molecule has 2 amide bonds. The number of hydrogen-bond donors (Lipinski definition) is 3. The number of benzene rings is 1. The van der Waals surface area contributed by atoms with Gasteiger partial charge in [0.05, 0.1) is 6.20 Å². The summed E-state index contributed by atoms with van der Waals surface area (Å²) in [6.45, 7) is 0. The number of H-pyrrole nitrogens is 1. The number of nitrogens with zero attached hydrogens (tertiary/aromatic N) is 1. The molecule has 82 valence electrons. The largest absolute Gasteiger partial charge is 0.324 e. The van der Waals surface area contributed by atoms with E-state index in [-0.39, 0.29) is 0 Å². The molecule has 0 atom stereocenters. The van der Waals surface area contributed by atoms with Crippen LogP contribution < -0.4 is 10.6 Å². The number of urea groups is 1. The zero-order valence-electron chi connectivity index (χ0n) is 8.20. The van der Waals surface area contributed by atoms with E-state index in [2.05, 4.69) is 20.8 Å². The van der Waals surface area contributed by atoms with Gasteiger partial charge in [0.25, 0.3) is 0 Å². The monoisotopic (exact) mass is 220 g/mol. The molecule has 0 aliphatic carbocycles. The first-order valence-corrected chi connectivity index (χ1v) is 4.57. The van der Waals surface area contributed by atoms with Crippen molar-refractivity contribution in [1.29, 1.82) is 0 Å². The summed E-state index contributed by atoms with van der Waals surface area (Å²) < 4.78 is 12.8. The molecule has 0 aliphatic rings. The lowest BCUT2D eigenvalue weighted by molar-refractivity contribution is 0.262. The summed E-state index contributed by atoms with van der Waals surface area (Å²) >= 11 is 0. The molecule has 0 spiro atoms. The zero-order valence-corrected chi connectivity index (χ0v) is 8.20. The van der Waals surface area contributed by atoms with Gasteiger partial charge in [-0.2, -0.15) is 5.10 Å². The highest BCUT2D eigenvalue weighted by Gasteiger charge is 2.03. The van der Waals surface area contributed by atoms with Crippen molar-refractivity contribution >= 4 is 17.5 Å². The van der Waals surface area contributed by atoms with Crippen LogP contribution in [0.2, 0.25) is 0 Å². The lowest BCUT2D eigenvalue weighted by Gasteiger charge is -2.05. The van der Waals surface area contributed by atoms with Crippen LogP contribution in [0.15, 0.2) is 36.5 Å². The van der Waals surface area contributed by atoms with Gasteiger partial charge in [-0.25, -0.2) is 9.18 Å². The lowest BCUT2D eigenvalue weighted by atomic mass is 10.3. The van der Waals surface area contributed by atoms with Crippen molar-refractivity contribution in [3.05, 3.63) is 42.3 Å². The van der Waals surface area contributed by atoms with Crippen molar-refractivity contribution in [1.82, 2.24) is 10.2 Å². The molecule has 1 aromatic heterocycles. The smallest absolute Gasteiger partial charge is 0.308 e. The van der Waals surface area contributed by atoms with E-state index in [1.165, 1.54) is 24.4 Å². The SMILES string of the molecule is O=C(Nc1cccc(F)c1)Nc1ccn[nH]1. The summed E-state index contributed by atoms with van der Waals surface area (Å²) in [5, 5.41) is 11.2. The summed E-state index contributed by atoms with van der Waals surface area (Å²) in [7, 11) is 0. The van der Waals surface area contributed by atoms with Crippen LogP contribution >= 0.6 is 0 Å². The number of carbonyl (C=O) groups excluding carboxylic acids is 1. The molecule has 0 fully saturated rings. The Hall–Kier alpha value is -2.37. The van der Waals surface area contributed by atoms with Crippen LogP contribution in [0.3, 0.4) is 0 Å². The number of carbonyl (C=O) groups is 1. The molecule has 0 aliphatic heterocycles. The van der Waals surface area contributed by atoms with Crippen LogP contribution in [0.5, 0.6) is 0 Å². The molecule has 1 heterocycles. The van der Waals surface area contributed by atoms with Crippen molar-refractivity contribution in [2.24, 2.45) is 0 Å². The maximum Gasteiger partial charge on any atom is 0.324 e. The fraction of sp³-hybridized carbons (Fsp3) is 0. The third-order valence-corrected chi connectivity index (χ3v) is 1.83. The average Bonchev–Trinajstić information content (AvgIpc) is 2.70. The number of aromatic amines is 1. The number of anilines is 2. The molecule has 0 saturated heterocycles. The van der Waals surface area contributed by atoms with Gasteiger partial charge in [0.15, 0.2) is 0 Å². The predicted octanol–water partition coefficient (Wildman–Crippen LogP) is 2.19. The minimum absolute atomic E-state index is 0.386. The number of rotatable bonds is 2. The van der Waals surface area contributed by atoms with Crippen LogP contribution in [-0.2, 0) is 0 Å². The first kappa shape index (κ1) is 10.2. The second kappa shape index (κ2) is 4.43. The Labute approximate surface area is 90.7 Å². The third-order valence-electron chi connectivity index (χ3n) is 1.83. The summed E-state index contributed by atoms with van der Waals surface area (Å²) in [4.78, 5) is 11.4. The Bertz CT molecular complexity index is 483. The first-order chi connectivity index (χ1) is 7.74. The van der Waals surface area contributed by atoms with E-state index in [9.17, 15) is 9.18 Å². The second-order valence-corrected chi connectivity index (χ2v) is 3.06. The van der Waals surface area contributed by atoms with Gasteiger partial charge < -0.3 is 5.32 Å². The van der Waals surface area contributed by atoms with Gasteiger partial charge >= 0.3 is 6.03 Å². The standard InChI is InChI=1S/C10H9FN4O/c11-7-2-1-3-8(6-7)13-10(16)14-9-4-5-12-15-9/h1-6H,(H3,12,13,14,15,16). The van der Waals surface area contributed by atoms with Gasteiger partial charge in [0.1, 0.15) is 11.6 Å². The van der Waals surface area contributed by atoms with Crippen LogP contribution in [0.1, 0.15) is 0 Å². The Morgan fingerprint density at radius 1 is 1.31 bits per heavy atom.